The minimum atomic E-state index is -0.225. The molecule has 5 nitrogen and oxygen atoms in total. The molecule has 2 heterocycles. The summed E-state index contributed by atoms with van der Waals surface area (Å²) in [6.45, 7) is 7.78. The molecule has 1 aromatic carbocycles. The van der Waals surface area contributed by atoms with Gasteiger partial charge in [-0.1, -0.05) is 46.9 Å². The van der Waals surface area contributed by atoms with E-state index >= 15 is 0 Å². The predicted molar refractivity (Wildman–Crippen MR) is 102 cm³/mol. The van der Waals surface area contributed by atoms with Gasteiger partial charge in [0, 0.05) is 5.75 Å². The van der Waals surface area contributed by atoms with Crippen LogP contribution in [0.2, 0.25) is 0 Å². The first-order chi connectivity index (χ1) is 11.9. The van der Waals surface area contributed by atoms with E-state index in [9.17, 15) is 4.79 Å². The van der Waals surface area contributed by atoms with Crippen molar-refractivity contribution in [1.29, 1.82) is 0 Å². The van der Waals surface area contributed by atoms with Gasteiger partial charge in [-0.3, -0.25) is 10.1 Å². The Morgan fingerprint density at radius 2 is 2.00 bits per heavy atom. The summed E-state index contributed by atoms with van der Waals surface area (Å²) >= 11 is 3.00. The SMILES string of the molecule is Cc1ccc(C)c(CSc2nnc(NC(=O)c3cc(C)oc3C)s2)c1. The van der Waals surface area contributed by atoms with Crippen LogP contribution in [0.1, 0.15) is 38.6 Å². The smallest absolute Gasteiger partial charge is 0.261 e. The molecule has 0 aliphatic carbocycles. The van der Waals surface area contributed by atoms with Crippen LogP contribution in [0.15, 0.2) is 33.0 Å². The molecule has 0 atom stereocenters. The molecule has 1 amide bonds. The molecule has 0 spiro atoms. The van der Waals surface area contributed by atoms with Crippen LogP contribution < -0.4 is 5.32 Å². The lowest BCUT2D eigenvalue weighted by Crippen LogP contribution is -2.11. The van der Waals surface area contributed by atoms with Crippen molar-refractivity contribution in [1.82, 2.24) is 10.2 Å². The van der Waals surface area contributed by atoms with Crippen LogP contribution in [-0.4, -0.2) is 16.1 Å². The predicted octanol–water partition coefficient (Wildman–Crippen LogP) is 4.91. The van der Waals surface area contributed by atoms with E-state index in [4.69, 9.17) is 4.42 Å². The van der Waals surface area contributed by atoms with Crippen molar-refractivity contribution in [2.24, 2.45) is 0 Å². The monoisotopic (exact) mass is 373 g/mol. The fraction of sp³-hybridized carbons (Fsp3) is 0.278. The van der Waals surface area contributed by atoms with Crippen LogP contribution in [0, 0.1) is 27.7 Å². The molecule has 25 heavy (non-hydrogen) atoms. The van der Waals surface area contributed by atoms with Crippen molar-refractivity contribution >= 4 is 34.1 Å². The maximum absolute atomic E-state index is 12.3. The molecule has 0 radical (unpaired) electrons. The molecule has 3 rings (SSSR count). The second-order valence-corrected chi connectivity index (χ2v) is 8.07. The van der Waals surface area contributed by atoms with Gasteiger partial charge in [0.1, 0.15) is 11.5 Å². The van der Waals surface area contributed by atoms with E-state index in [2.05, 4.69) is 47.6 Å². The van der Waals surface area contributed by atoms with Gasteiger partial charge in [0.25, 0.3) is 5.91 Å². The van der Waals surface area contributed by atoms with Crippen molar-refractivity contribution in [3.63, 3.8) is 0 Å². The van der Waals surface area contributed by atoms with E-state index in [0.717, 1.165) is 10.1 Å². The number of furan rings is 1. The van der Waals surface area contributed by atoms with E-state index in [1.807, 2.05) is 6.92 Å². The molecule has 1 N–H and O–H groups in total. The molecule has 0 fully saturated rings. The quantitative estimate of drug-likeness (QED) is 0.508. The Labute approximate surface area is 154 Å². The van der Waals surface area contributed by atoms with Gasteiger partial charge in [0.2, 0.25) is 5.13 Å². The molecule has 2 aromatic heterocycles. The Hall–Kier alpha value is -2.12. The number of thioether (sulfide) groups is 1. The van der Waals surface area contributed by atoms with Crippen LogP contribution in [0.3, 0.4) is 0 Å². The zero-order valence-corrected chi connectivity index (χ0v) is 16.2. The van der Waals surface area contributed by atoms with E-state index in [0.29, 0.717) is 22.2 Å². The fourth-order valence-corrected chi connectivity index (χ4v) is 4.24. The van der Waals surface area contributed by atoms with Gasteiger partial charge in [-0.15, -0.1) is 10.2 Å². The summed E-state index contributed by atoms with van der Waals surface area (Å²) in [5.41, 5.74) is 4.33. The zero-order valence-electron chi connectivity index (χ0n) is 14.5. The second kappa shape index (κ2) is 7.41. The minimum Gasteiger partial charge on any atom is -0.466 e. The molecule has 3 aromatic rings. The van der Waals surface area contributed by atoms with Crippen LogP contribution in [0.5, 0.6) is 0 Å². The number of benzene rings is 1. The highest BCUT2D eigenvalue weighted by atomic mass is 32.2. The Morgan fingerprint density at radius 3 is 2.72 bits per heavy atom. The molecule has 0 saturated heterocycles. The molecular formula is C18H19N3O2S2. The van der Waals surface area contributed by atoms with E-state index < -0.39 is 0 Å². The molecule has 0 unspecified atom stereocenters. The summed E-state index contributed by atoms with van der Waals surface area (Å²) in [4.78, 5) is 12.3. The maximum atomic E-state index is 12.3. The van der Waals surface area contributed by atoms with E-state index in [-0.39, 0.29) is 5.91 Å². The zero-order chi connectivity index (χ0) is 18.0. The van der Waals surface area contributed by atoms with Gasteiger partial charge in [-0.05, 0) is 44.9 Å². The van der Waals surface area contributed by atoms with Gasteiger partial charge in [-0.2, -0.15) is 0 Å². The highest BCUT2D eigenvalue weighted by molar-refractivity contribution is 8.00. The van der Waals surface area contributed by atoms with Crippen molar-refractivity contribution in [3.8, 4) is 0 Å². The number of hydrogen-bond acceptors (Lipinski definition) is 6. The number of amides is 1. The summed E-state index contributed by atoms with van der Waals surface area (Å²) < 4.78 is 6.22. The van der Waals surface area contributed by atoms with Crippen LogP contribution in [0.25, 0.3) is 0 Å². The molecule has 0 saturated carbocycles. The van der Waals surface area contributed by atoms with Crippen molar-refractivity contribution in [2.45, 2.75) is 37.8 Å². The first kappa shape index (κ1) is 17.7. The van der Waals surface area contributed by atoms with Gasteiger partial charge in [-0.25, -0.2) is 0 Å². The lowest BCUT2D eigenvalue weighted by Gasteiger charge is -2.05. The number of carbonyl (C=O) groups excluding carboxylic acids is 1. The van der Waals surface area contributed by atoms with E-state index in [1.54, 1.807) is 24.8 Å². The van der Waals surface area contributed by atoms with Crippen LogP contribution >= 0.6 is 23.1 Å². The van der Waals surface area contributed by atoms with Crippen molar-refractivity contribution < 1.29 is 9.21 Å². The molecule has 0 aliphatic rings. The average molecular weight is 374 g/mol. The summed E-state index contributed by atoms with van der Waals surface area (Å²) in [7, 11) is 0. The number of carbonyl (C=O) groups is 1. The summed E-state index contributed by atoms with van der Waals surface area (Å²) in [5.74, 6) is 1.92. The fourth-order valence-electron chi connectivity index (χ4n) is 2.43. The summed E-state index contributed by atoms with van der Waals surface area (Å²) in [6, 6.07) is 8.16. The third-order valence-corrected chi connectivity index (χ3v) is 5.79. The summed E-state index contributed by atoms with van der Waals surface area (Å²) in [6.07, 6.45) is 0. The maximum Gasteiger partial charge on any atom is 0.261 e. The lowest BCUT2D eigenvalue weighted by atomic mass is 10.1. The topological polar surface area (TPSA) is 68.0 Å². The number of rotatable bonds is 5. The standard InChI is InChI=1S/C18H19N3O2S2/c1-10-5-6-11(2)14(7-10)9-24-18-21-20-17(25-18)19-16(22)15-8-12(3)23-13(15)4/h5-8H,9H2,1-4H3,(H,19,20,22). The third kappa shape index (κ3) is 4.29. The molecule has 0 aliphatic heterocycles. The van der Waals surface area contributed by atoms with Crippen molar-refractivity contribution in [2.75, 3.05) is 5.32 Å². The Balaban J connectivity index is 1.63. The first-order valence-electron chi connectivity index (χ1n) is 7.83. The highest BCUT2D eigenvalue weighted by Crippen LogP contribution is 2.30. The Morgan fingerprint density at radius 1 is 1.20 bits per heavy atom. The Bertz CT molecular complexity index is 915. The van der Waals surface area contributed by atoms with Gasteiger partial charge >= 0.3 is 0 Å². The number of nitrogens with zero attached hydrogens (tertiary/aromatic N) is 2. The minimum absolute atomic E-state index is 0.225. The number of anilines is 1. The lowest BCUT2D eigenvalue weighted by molar-refractivity contribution is 0.102. The average Bonchev–Trinajstić information content (AvgIpc) is 3.14. The van der Waals surface area contributed by atoms with Crippen molar-refractivity contribution in [3.05, 3.63) is 58.0 Å². The van der Waals surface area contributed by atoms with Gasteiger partial charge < -0.3 is 4.42 Å². The summed E-state index contributed by atoms with van der Waals surface area (Å²) in [5, 5.41) is 11.5. The number of nitrogens with one attached hydrogen (secondary N) is 1. The number of hydrogen-bond donors (Lipinski definition) is 1. The van der Waals surface area contributed by atoms with Gasteiger partial charge in [0.15, 0.2) is 4.34 Å². The molecule has 7 heteroatoms. The van der Waals surface area contributed by atoms with Gasteiger partial charge in [0.05, 0.1) is 5.56 Å². The number of aryl methyl sites for hydroxylation is 4. The first-order valence-corrected chi connectivity index (χ1v) is 9.63. The second-order valence-electron chi connectivity index (χ2n) is 5.87. The number of aromatic nitrogens is 2. The third-order valence-electron chi connectivity index (χ3n) is 3.77. The van der Waals surface area contributed by atoms with E-state index in [1.165, 1.54) is 28.0 Å². The van der Waals surface area contributed by atoms with Crippen LogP contribution in [0.4, 0.5) is 5.13 Å². The largest absolute Gasteiger partial charge is 0.466 e. The normalized spacial score (nSPS) is 10.9. The molecule has 130 valence electrons. The molecule has 0 bridgehead atoms. The highest BCUT2D eigenvalue weighted by Gasteiger charge is 2.16. The Kier molecular flexibility index (Phi) is 5.24. The molecular weight excluding hydrogens is 354 g/mol. The van der Waals surface area contributed by atoms with Crippen LogP contribution in [-0.2, 0) is 5.75 Å².